The Morgan fingerprint density at radius 1 is 1.10 bits per heavy atom. The Morgan fingerprint density at radius 2 is 1.86 bits per heavy atom. The van der Waals surface area contributed by atoms with Crippen molar-refractivity contribution in [3.63, 3.8) is 0 Å². The zero-order chi connectivity index (χ0) is 14.8. The Kier molecular flexibility index (Phi) is 7.79. The largest absolute Gasteiger partial charge is 0.396 e. The first-order valence-corrected chi connectivity index (χ1v) is 8.19. The number of hydrogen-bond acceptors (Lipinski definition) is 3. The van der Waals surface area contributed by atoms with E-state index in [9.17, 15) is 0 Å². The van der Waals surface area contributed by atoms with E-state index in [1.54, 1.807) is 0 Å². The topological polar surface area (TPSA) is 32.7 Å². The lowest BCUT2D eigenvalue weighted by molar-refractivity contribution is 0.0183. The van der Waals surface area contributed by atoms with Gasteiger partial charge < -0.3 is 14.7 Å². The molecule has 2 rings (SSSR count). The van der Waals surface area contributed by atoms with Crippen LogP contribution in [-0.4, -0.2) is 42.4 Å². The van der Waals surface area contributed by atoms with Gasteiger partial charge in [-0.1, -0.05) is 30.3 Å². The summed E-state index contributed by atoms with van der Waals surface area (Å²) in [4.78, 5) is 2.53. The Balaban J connectivity index is 1.73. The highest BCUT2D eigenvalue weighted by Crippen LogP contribution is 2.14. The maximum Gasteiger partial charge on any atom is 0.0720 e. The summed E-state index contributed by atoms with van der Waals surface area (Å²) in [5.41, 5.74) is 1.22. The zero-order valence-electron chi connectivity index (χ0n) is 12.9. The number of benzene rings is 1. The first-order chi connectivity index (χ1) is 10.4. The molecule has 1 heterocycles. The van der Waals surface area contributed by atoms with Gasteiger partial charge >= 0.3 is 0 Å². The van der Waals surface area contributed by atoms with Crippen LogP contribution in [0.15, 0.2) is 30.3 Å². The Bertz CT molecular complexity index is 363. The van der Waals surface area contributed by atoms with E-state index in [2.05, 4.69) is 23.5 Å². The second-order valence-corrected chi connectivity index (χ2v) is 5.78. The average Bonchev–Trinajstić information content (AvgIpc) is 2.56. The average molecular weight is 290 g/mol. The summed E-state index contributed by atoms with van der Waals surface area (Å²) < 4.78 is 6.08. The van der Waals surface area contributed by atoms with E-state index in [0.717, 1.165) is 25.8 Å². The molecule has 1 unspecified atom stereocenters. The van der Waals surface area contributed by atoms with Crippen molar-refractivity contribution < 1.29 is 9.84 Å². The van der Waals surface area contributed by atoms with Crippen LogP contribution in [0, 0.1) is 6.42 Å². The number of piperidine rings is 1. The maximum atomic E-state index is 9.05. The molecule has 1 atom stereocenters. The van der Waals surface area contributed by atoms with E-state index < -0.39 is 0 Å². The molecule has 1 aromatic carbocycles. The lowest BCUT2D eigenvalue weighted by Gasteiger charge is -2.28. The van der Waals surface area contributed by atoms with Crippen molar-refractivity contribution in [3.8, 4) is 0 Å². The van der Waals surface area contributed by atoms with Crippen molar-refractivity contribution in [3.05, 3.63) is 42.3 Å². The second kappa shape index (κ2) is 9.93. The van der Waals surface area contributed by atoms with Crippen molar-refractivity contribution in [2.75, 3.05) is 26.2 Å². The molecule has 0 spiro atoms. The minimum absolute atomic E-state index is 0.253. The highest BCUT2D eigenvalue weighted by molar-refractivity contribution is 5.13. The van der Waals surface area contributed by atoms with Crippen molar-refractivity contribution in [1.29, 1.82) is 0 Å². The van der Waals surface area contributed by atoms with Gasteiger partial charge in [-0.05, 0) is 57.2 Å². The molecule has 0 saturated carbocycles. The first-order valence-electron chi connectivity index (χ1n) is 8.19. The fourth-order valence-electron chi connectivity index (χ4n) is 2.77. The molecule has 1 aromatic rings. The van der Waals surface area contributed by atoms with Crippen LogP contribution in [0.5, 0.6) is 0 Å². The lowest BCUT2D eigenvalue weighted by atomic mass is 10.1. The molecular weight excluding hydrogens is 262 g/mol. The monoisotopic (exact) mass is 290 g/mol. The molecule has 0 amide bonds. The Hall–Kier alpha value is -0.900. The second-order valence-electron chi connectivity index (χ2n) is 5.78. The highest BCUT2D eigenvalue weighted by Gasteiger charge is 2.14. The van der Waals surface area contributed by atoms with Gasteiger partial charge in [-0.3, -0.25) is 0 Å². The molecule has 117 valence electrons. The summed E-state index contributed by atoms with van der Waals surface area (Å²) >= 11 is 0. The van der Waals surface area contributed by atoms with E-state index in [0.29, 0.717) is 6.61 Å². The molecule has 0 aromatic heterocycles. The summed E-state index contributed by atoms with van der Waals surface area (Å²) in [6.07, 6.45) is 7.90. The Morgan fingerprint density at radius 3 is 2.57 bits per heavy atom. The number of ether oxygens (including phenoxy) is 1. The summed E-state index contributed by atoms with van der Waals surface area (Å²) in [7, 11) is 0. The maximum absolute atomic E-state index is 9.05. The van der Waals surface area contributed by atoms with Crippen LogP contribution in [-0.2, 0) is 11.3 Å². The Labute approximate surface area is 128 Å². The van der Waals surface area contributed by atoms with Gasteiger partial charge in [-0.2, -0.15) is 0 Å². The smallest absolute Gasteiger partial charge is 0.0720 e. The highest BCUT2D eigenvalue weighted by atomic mass is 16.5. The quantitative estimate of drug-likeness (QED) is 0.759. The molecule has 21 heavy (non-hydrogen) atoms. The fraction of sp³-hybridized carbons (Fsp3) is 0.611. The minimum atomic E-state index is 0.253. The van der Waals surface area contributed by atoms with Crippen LogP contribution in [0.4, 0.5) is 0 Å². The van der Waals surface area contributed by atoms with Crippen LogP contribution in [0.3, 0.4) is 0 Å². The summed E-state index contributed by atoms with van der Waals surface area (Å²) in [6.45, 7) is 4.41. The number of likely N-dealkylation sites (tertiary alicyclic amines) is 1. The molecule has 3 nitrogen and oxygen atoms in total. The predicted molar refractivity (Wildman–Crippen MR) is 85.9 cm³/mol. The van der Waals surface area contributed by atoms with Gasteiger partial charge in [0.25, 0.3) is 0 Å². The van der Waals surface area contributed by atoms with Gasteiger partial charge in [0.05, 0.1) is 12.7 Å². The van der Waals surface area contributed by atoms with Gasteiger partial charge in [-0.15, -0.1) is 0 Å². The van der Waals surface area contributed by atoms with Crippen LogP contribution < -0.4 is 0 Å². The molecule has 1 radical (unpaired) electrons. The minimum Gasteiger partial charge on any atom is -0.396 e. The predicted octanol–water partition coefficient (Wildman–Crippen LogP) is 3.03. The zero-order valence-corrected chi connectivity index (χ0v) is 12.9. The van der Waals surface area contributed by atoms with E-state index in [-0.39, 0.29) is 12.7 Å². The molecule has 1 N–H and O–H groups in total. The summed E-state index contributed by atoms with van der Waals surface area (Å²) in [5.74, 6) is 0. The number of nitrogens with zero attached hydrogens (tertiary/aromatic N) is 1. The van der Waals surface area contributed by atoms with Gasteiger partial charge in [0.1, 0.15) is 0 Å². The SMILES string of the molecule is OCCCC(CCN1CC[CH]CC1)OCc1ccccc1. The van der Waals surface area contributed by atoms with Crippen LogP contribution in [0.1, 0.15) is 37.7 Å². The van der Waals surface area contributed by atoms with Gasteiger partial charge in [0.15, 0.2) is 0 Å². The van der Waals surface area contributed by atoms with Gasteiger partial charge in [0.2, 0.25) is 0 Å². The summed E-state index contributed by atoms with van der Waals surface area (Å²) in [5, 5.41) is 9.05. The third kappa shape index (κ3) is 6.60. The molecule has 3 heteroatoms. The van der Waals surface area contributed by atoms with Crippen LogP contribution in [0.2, 0.25) is 0 Å². The molecule has 1 aliphatic rings. The molecular formula is C18H28NO2. The molecule has 0 aliphatic carbocycles. The lowest BCUT2D eigenvalue weighted by Crippen LogP contribution is -2.33. The molecule has 1 fully saturated rings. The number of aliphatic hydroxyl groups excluding tert-OH is 1. The third-order valence-electron chi connectivity index (χ3n) is 4.08. The van der Waals surface area contributed by atoms with E-state index in [1.807, 2.05) is 18.2 Å². The van der Waals surface area contributed by atoms with E-state index in [1.165, 1.54) is 31.5 Å². The van der Waals surface area contributed by atoms with Crippen molar-refractivity contribution in [1.82, 2.24) is 4.90 Å². The van der Waals surface area contributed by atoms with Gasteiger partial charge in [-0.25, -0.2) is 0 Å². The van der Waals surface area contributed by atoms with Crippen molar-refractivity contribution in [2.45, 2.75) is 44.8 Å². The fourth-order valence-corrected chi connectivity index (χ4v) is 2.77. The van der Waals surface area contributed by atoms with Gasteiger partial charge in [0, 0.05) is 13.2 Å². The van der Waals surface area contributed by atoms with E-state index in [4.69, 9.17) is 9.84 Å². The first kappa shape index (κ1) is 16.5. The number of hydrogen-bond donors (Lipinski definition) is 1. The molecule has 0 bridgehead atoms. The van der Waals surface area contributed by atoms with E-state index >= 15 is 0 Å². The molecule has 1 aliphatic heterocycles. The third-order valence-corrected chi connectivity index (χ3v) is 4.08. The van der Waals surface area contributed by atoms with Crippen LogP contribution in [0.25, 0.3) is 0 Å². The summed E-state index contributed by atoms with van der Waals surface area (Å²) in [6, 6.07) is 10.3. The van der Waals surface area contributed by atoms with Crippen LogP contribution >= 0.6 is 0 Å². The standard InChI is InChI=1S/C18H28NO2/c20-15-7-10-18(11-14-19-12-5-2-6-13-19)21-16-17-8-3-1-4-9-17/h1-4,8-9,18,20H,5-7,10-16H2. The number of rotatable bonds is 9. The van der Waals surface area contributed by atoms with Crippen molar-refractivity contribution in [2.24, 2.45) is 0 Å². The van der Waals surface area contributed by atoms with Crippen molar-refractivity contribution >= 4 is 0 Å². The molecule has 1 saturated heterocycles. The normalized spacial score (nSPS) is 17.8. The number of aliphatic hydroxyl groups is 1.